The number of benzene rings is 2. The van der Waals surface area contributed by atoms with Gasteiger partial charge in [0, 0.05) is 50.2 Å². The fourth-order valence-corrected chi connectivity index (χ4v) is 4.06. The molecule has 31 heavy (non-hydrogen) atoms. The van der Waals surface area contributed by atoms with Crippen molar-refractivity contribution < 1.29 is 9.59 Å². The maximum Gasteiger partial charge on any atom is 0.254 e. The minimum atomic E-state index is -0.0208. The van der Waals surface area contributed by atoms with Gasteiger partial charge in [0.2, 0.25) is 5.91 Å². The maximum absolute atomic E-state index is 13.5. The molecule has 0 N–H and O–H groups in total. The average molecular weight is 414 g/mol. The lowest BCUT2D eigenvalue weighted by atomic mass is 10.1. The molecule has 1 aliphatic rings. The Balaban J connectivity index is 1.61. The third kappa shape index (κ3) is 4.66. The number of rotatable bonds is 6. The zero-order valence-corrected chi connectivity index (χ0v) is 18.0. The highest BCUT2D eigenvalue weighted by Gasteiger charge is 2.24. The summed E-state index contributed by atoms with van der Waals surface area (Å²) in [5, 5.41) is 0. The number of amides is 2. The number of fused-ring (bicyclic) bond motifs is 1. The number of carbonyl (C=O) groups is 2. The fraction of sp³-hybridized carbons (Fsp3) is 0.269. The SMILES string of the molecule is CCc1ccc(CN(Cc2cccnc2)C(=O)c2ccc3c(c2)CCN3C(C)=O)cc1. The molecular weight excluding hydrogens is 386 g/mol. The molecule has 0 aliphatic carbocycles. The number of aromatic nitrogens is 1. The van der Waals surface area contributed by atoms with Gasteiger partial charge >= 0.3 is 0 Å². The third-order valence-electron chi connectivity index (χ3n) is 5.79. The van der Waals surface area contributed by atoms with Crippen LogP contribution in [-0.4, -0.2) is 28.2 Å². The molecule has 5 heteroatoms. The monoisotopic (exact) mass is 413 g/mol. The van der Waals surface area contributed by atoms with Crippen LogP contribution in [0.5, 0.6) is 0 Å². The van der Waals surface area contributed by atoms with E-state index < -0.39 is 0 Å². The number of nitrogens with zero attached hydrogens (tertiary/aromatic N) is 3. The van der Waals surface area contributed by atoms with Crippen LogP contribution in [0.15, 0.2) is 67.0 Å². The van der Waals surface area contributed by atoms with Crippen molar-refractivity contribution in [3.05, 3.63) is 94.8 Å². The molecule has 2 aromatic carbocycles. The van der Waals surface area contributed by atoms with Crippen LogP contribution in [-0.2, 0) is 30.7 Å². The lowest BCUT2D eigenvalue weighted by Gasteiger charge is -2.24. The standard InChI is InChI=1S/C26H27N3O2/c1-3-20-6-8-21(9-7-20)17-28(18-22-5-4-13-27-16-22)26(31)24-10-11-25-23(15-24)12-14-29(25)19(2)30/h4-11,13,15-16H,3,12,14,17-18H2,1-2H3. The largest absolute Gasteiger partial charge is 0.330 e. The molecule has 0 atom stereocenters. The molecule has 0 saturated heterocycles. The van der Waals surface area contributed by atoms with Crippen LogP contribution >= 0.6 is 0 Å². The molecule has 3 aromatic rings. The second kappa shape index (κ2) is 9.13. The van der Waals surface area contributed by atoms with E-state index in [-0.39, 0.29) is 11.8 Å². The van der Waals surface area contributed by atoms with Gasteiger partial charge in [0.25, 0.3) is 5.91 Å². The summed E-state index contributed by atoms with van der Waals surface area (Å²) in [7, 11) is 0. The molecule has 0 unspecified atom stereocenters. The maximum atomic E-state index is 13.5. The number of anilines is 1. The highest BCUT2D eigenvalue weighted by atomic mass is 16.2. The zero-order valence-electron chi connectivity index (χ0n) is 18.0. The molecule has 1 aromatic heterocycles. The average Bonchev–Trinajstić information content (AvgIpc) is 3.23. The summed E-state index contributed by atoms with van der Waals surface area (Å²) in [5.41, 5.74) is 5.98. The first-order valence-electron chi connectivity index (χ1n) is 10.7. The summed E-state index contributed by atoms with van der Waals surface area (Å²) in [6.45, 7) is 5.39. The summed E-state index contributed by atoms with van der Waals surface area (Å²) in [4.78, 5) is 33.2. The van der Waals surface area contributed by atoms with E-state index in [1.165, 1.54) is 5.56 Å². The summed E-state index contributed by atoms with van der Waals surface area (Å²) < 4.78 is 0. The van der Waals surface area contributed by atoms with Crippen LogP contribution in [0.3, 0.4) is 0 Å². The topological polar surface area (TPSA) is 53.5 Å². The number of hydrogen-bond donors (Lipinski definition) is 0. The van der Waals surface area contributed by atoms with Gasteiger partial charge in [0.1, 0.15) is 0 Å². The summed E-state index contributed by atoms with van der Waals surface area (Å²) in [5.74, 6) is 0.0130. The Morgan fingerprint density at radius 1 is 1.00 bits per heavy atom. The van der Waals surface area contributed by atoms with E-state index in [9.17, 15) is 9.59 Å². The molecule has 5 nitrogen and oxygen atoms in total. The predicted molar refractivity (Wildman–Crippen MR) is 122 cm³/mol. The van der Waals surface area contributed by atoms with Crippen molar-refractivity contribution in [1.29, 1.82) is 0 Å². The van der Waals surface area contributed by atoms with Gasteiger partial charge in [-0.25, -0.2) is 0 Å². The van der Waals surface area contributed by atoms with Crippen molar-refractivity contribution in [2.45, 2.75) is 39.8 Å². The highest BCUT2D eigenvalue weighted by Crippen LogP contribution is 2.29. The first-order valence-corrected chi connectivity index (χ1v) is 10.7. The zero-order chi connectivity index (χ0) is 21.8. The first-order chi connectivity index (χ1) is 15.0. The molecule has 0 bridgehead atoms. The van der Waals surface area contributed by atoms with E-state index in [0.717, 1.165) is 35.2 Å². The Kier molecular flexibility index (Phi) is 6.12. The number of pyridine rings is 1. The Morgan fingerprint density at radius 3 is 2.42 bits per heavy atom. The smallest absolute Gasteiger partial charge is 0.254 e. The molecule has 2 amide bonds. The normalized spacial score (nSPS) is 12.5. The Morgan fingerprint density at radius 2 is 1.74 bits per heavy atom. The van der Waals surface area contributed by atoms with Crippen LogP contribution in [0.4, 0.5) is 5.69 Å². The molecule has 1 aliphatic heterocycles. The Bertz CT molecular complexity index is 1080. The van der Waals surface area contributed by atoms with Gasteiger partial charge in [-0.1, -0.05) is 37.3 Å². The van der Waals surface area contributed by atoms with Crippen LogP contribution in [0, 0.1) is 0 Å². The molecule has 0 spiro atoms. The van der Waals surface area contributed by atoms with E-state index in [0.29, 0.717) is 25.2 Å². The number of aryl methyl sites for hydroxylation is 1. The van der Waals surface area contributed by atoms with E-state index in [4.69, 9.17) is 0 Å². The fourth-order valence-electron chi connectivity index (χ4n) is 4.06. The van der Waals surface area contributed by atoms with Crippen LogP contribution in [0.25, 0.3) is 0 Å². The van der Waals surface area contributed by atoms with Gasteiger partial charge in [-0.3, -0.25) is 14.6 Å². The summed E-state index contributed by atoms with van der Waals surface area (Å²) >= 11 is 0. The minimum absolute atomic E-state index is 0.0208. The Labute approximate surface area is 183 Å². The Hall–Kier alpha value is -3.47. The van der Waals surface area contributed by atoms with Gasteiger partial charge in [-0.05, 0) is 59.4 Å². The lowest BCUT2D eigenvalue weighted by Crippen LogP contribution is -2.30. The predicted octanol–water partition coefficient (Wildman–Crippen LogP) is 4.40. The van der Waals surface area contributed by atoms with Crippen molar-refractivity contribution in [2.75, 3.05) is 11.4 Å². The van der Waals surface area contributed by atoms with Crippen molar-refractivity contribution in [2.24, 2.45) is 0 Å². The molecule has 158 valence electrons. The number of hydrogen-bond acceptors (Lipinski definition) is 3. The van der Waals surface area contributed by atoms with Gasteiger partial charge in [-0.2, -0.15) is 0 Å². The van der Waals surface area contributed by atoms with E-state index >= 15 is 0 Å². The van der Waals surface area contributed by atoms with E-state index in [1.807, 2.05) is 35.2 Å². The van der Waals surface area contributed by atoms with Crippen molar-refractivity contribution >= 4 is 17.5 Å². The first kappa shape index (κ1) is 20.8. The van der Waals surface area contributed by atoms with Crippen molar-refractivity contribution in [3.8, 4) is 0 Å². The molecule has 4 rings (SSSR count). The van der Waals surface area contributed by atoms with Crippen molar-refractivity contribution in [1.82, 2.24) is 9.88 Å². The quantitative estimate of drug-likeness (QED) is 0.602. The van der Waals surface area contributed by atoms with Crippen LogP contribution < -0.4 is 4.90 Å². The second-order valence-electron chi connectivity index (χ2n) is 7.96. The molecule has 0 radical (unpaired) electrons. The molecule has 2 heterocycles. The van der Waals surface area contributed by atoms with E-state index in [1.54, 1.807) is 24.2 Å². The van der Waals surface area contributed by atoms with Gasteiger partial charge < -0.3 is 9.80 Å². The van der Waals surface area contributed by atoms with Crippen LogP contribution in [0.1, 0.15) is 46.5 Å². The summed E-state index contributed by atoms with van der Waals surface area (Å²) in [6.07, 6.45) is 5.30. The van der Waals surface area contributed by atoms with Gasteiger partial charge in [0.05, 0.1) is 0 Å². The minimum Gasteiger partial charge on any atom is -0.330 e. The van der Waals surface area contributed by atoms with Crippen molar-refractivity contribution in [3.63, 3.8) is 0 Å². The van der Waals surface area contributed by atoms with Gasteiger partial charge in [0.15, 0.2) is 0 Å². The molecule has 0 saturated carbocycles. The molecular formula is C26H27N3O2. The number of carbonyl (C=O) groups excluding carboxylic acids is 2. The van der Waals surface area contributed by atoms with E-state index in [2.05, 4.69) is 36.2 Å². The van der Waals surface area contributed by atoms with Gasteiger partial charge in [-0.15, -0.1) is 0 Å². The summed E-state index contributed by atoms with van der Waals surface area (Å²) in [6, 6.07) is 18.0. The van der Waals surface area contributed by atoms with Crippen LogP contribution in [0.2, 0.25) is 0 Å². The third-order valence-corrected chi connectivity index (χ3v) is 5.79. The highest BCUT2D eigenvalue weighted by molar-refractivity contribution is 5.97. The second-order valence-corrected chi connectivity index (χ2v) is 7.96. The lowest BCUT2D eigenvalue weighted by molar-refractivity contribution is -0.116. The molecule has 0 fully saturated rings.